The second-order valence-corrected chi connectivity index (χ2v) is 8.54. The number of rotatable bonds is 4. The van der Waals surface area contributed by atoms with E-state index in [-0.39, 0.29) is 16.7 Å². The van der Waals surface area contributed by atoms with Crippen LogP contribution in [0.15, 0.2) is 11.1 Å². The molecule has 3 rings (SSSR count). The third kappa shape index (κ3) is 3.35. The fourth-order valence-corrected chi connectivity index (χ4v) is 5.29. The van der Waals surface area contributed by atoms with Crippen molar-refractivity contribution in [3.05, 3.63) is 11.9 Å². The summed E-state index contributed by atoms with van der Waals surface area (Å²) in [4.78, 5) is 14.8. The largest absolute Gasteiger partial charge is 0.342 e. The molecule has 134 valence electrons. The molecule has 1 N–H and O–H groups in total. The van der Waals surface area contributed by atoms with Gasteiger partial charge in [-0.2, -0.15) is 9.40 Å². The van der Waals surface area contributed by atoms with E-state index in [4.69, 9.17) is 0 Å². The zero-order chi connectivity index (χ0) is 17.2. The maximum absolute atomic E-state index is 12.8. The van der Waals surface area contributed by atoms with E-state index in [0.717, 1.165) is 25.9 Å². The molecule has 2 aliphatic heterocycles. The quantitative estimate of drug-likeness (QED) is 0.885. The number of likely N-dealkylation sites (tertiary alicyclic amines) is 1. The van der Waals surface area contributed by atoms with Crippen LogP contribution in [0.3, 0.4) is 0 Å². The summed E-state index contributed by atoms with van der Waals surface area (Å²) in [5, 5.41) is 6.62. The summed E-state index contributed by atoms with van der Waals surface area (Å²) in [5.74, 6) is 0.175. The van der Waals surface area contributed by atoms with E-state index >= 15 is 0 Å². The molecule has 2 saturated heterocycles. The molecule has 24 heavy (non-hydrogen) atoms. The van der Waals surface area contributed by atoms with E-state index in [1.165, 1.54) is 16.9 Å². The lowest BCUT2D eigenvalue weighted by Crippen LogP contribution is -2.45. The summed E-state index contributed by atoms with van der Waals surface area (Å²) in [6.45, 7) is 4.41. The number of nitrogens with one attached hydrogen (secondary N) is 1. The van der Waals surface area contributed by atoms with Crippen molar-refractivity contribution in [2.45, 2.75) is 50.3 Å². The van der Waals surface area contributed by atoms with Gasteiger partial charge in [0.25, 0.3) is 0 Å². The predicted molar refractivity (Wildman–Crippen MR) is 89.9 cm³/mol. The highest BCUT2D eigenvalue weighted by atomic mass is 32.2. The van der Waals surface area contributed by atoms with Gasteiger partial charge in [0.1, 0.15) is 4.90 Å². The van der Waals surface area contributed by atoms with Crippen molar-refractivity contribution >= 4 is 15.9 Å². The lowest BCUT2D eigenvalue weighted by Gasteiger charge is -2.35. The second-order valence-electron chi connectivity index (χ2n) is 6.63. The van der Waals surface area contributed by atoms with Crippen LogP contribution in [-0.4, -0.2) is 59.9 Å². The minimum absolute atomic E-state index is 0.0375. The Balaban J connectivity index is 1.63. The molecule has 0 radical (unpaired) electrons. The van der Waals surface area contributed by atoms with Crippen LogP contribution >= 0.6 is 0 Å². The Hall–Kier alpha value is -1.41. The first-order valence-corrected chi connectivity index (χ1v) is 10.3. The van der Waals surface area contributed by atoms with Gasteiger partial charge < -0.3 is 4.90 Å². The monoisotopic (exact) mass is 354 g/mol. The Bertz CT molecular complexity index is 671. The molecule has 1 aromatic heterocycles. The van der Waals surface area contributed by atoms with Gasteiger partial charge in [0.05, 0.1) is 11.9 Å². The number of sulfonamides is 1. The zero-order valence-corrected chi connectivity index (χ0v) is 15.0. The first-order valence-electron chi connectivity index (χ1n) is 8.85. The molecule has 1 amide bonds. The molecule has 3 heterocycles. The minimum Gasteiger partial charge on any atom is -0.342 e. The third-order valence-corrected chi connectivity index (χ3v) is 7.07. The number of aryl methyl sites for hydroxylation is 1. The zero-order valence-electron chi connectivity index (χ0n) is 14.2. The molecule has 2 fully saturated rings. The van der Waals surface area contributed by atoms with Crippen LogP contribution in [0.4, 0.5) is 0 Å². The van der Waals surface area contributed by atoms with Gasteiger partial charge in [0, 0.05) is 32.1 Å². The minimum atomic E-state index is -3.52. The number of hydrogen-bond acceptors (Lipinski definition) is 4. The van der Waals surface area contributed by atoms with E-state index < -0.39 is 10.0 Å². The molecule has 0 aliphatic carbocycles. The highest BCUT2D eigenvalue weighted by Crippen LogP contribution is 2.27. The molecule has 8 heteroatoms. The number of amides is 1. The average molecular weight is 354 g/mol. The summed E-state index contributed by atoms with van der Waals surface area (Å²) in [5.41, 5.74) is 0.640. The number of carbonyl (C=O) groups excluding carboxylic acids is 1. The Morgan fingerprint density at radius 2 is 1.88 bits per heavy atom. The number of hydrogen-bond donors (Lipinski definition) is 1. The molecule has 0 spiro atoms. The number of carbonyl (C=O) groups is 1. The topological polar surface area (TPSA) is 86.4 Å². The highest BCUT2D eigenvalue weighted by molar-refractivity contribution is 7.89. The van der Waals surface area contributed by atoms with Gasteiger partial charge in [0.2, 0.25) is 15.9 Å². The van der Waals surface area contributed by atoms with Crippen LogP contribution in [0.5, 0.6) is 0 Å². The summed E-state index contributed by atoms with van der Waals surface area (Å²) in [6.07, 6.45) is 6.56. The van der Waals surface area contributed by atoms with Crippen LogP contribution in [-0.2, 0) is 21.2 Å². The molecular weight excluding hydrogens is 328 g/mol. The van der Waals surface area contributed by atoms with Crippen molar-refractivity contribution in [3.8, 4) is 0 Å². The summed E-state index contributed by atoms with van der Waals surface area (Å²) in [6, 6.07) is 0. The summed E-state index contributed by atoms with van der Waals surface area (Å²) in [7, 11) is -3.52. The molecule has 1 aromatic rings. The van der Waals surface area contributed by atoms with E-state index in [1.807, 2.05) is 11.8 Å². The van der Waals surface area contributed by atoms with Gasteiger partial charge >= 0.3 is 0 Å². The van der Waals surface area contributed by atoms with E-state index in [1.54, 1.807) is 0 Å². The fraction of sp³-hybridized carbons (Fsp3) is 0.750. The number of H-pyrrole nitrogens is 1. The van der Waals surface area contributed by atoms with Crippen molar-refractivity contribution in [2.24, 2.45) is 5.92 Å². The van der Waals surface area contributed by atoms with Gasteiger partial charge in [-0.05, 0) is 38.5 Å². The molecule has 0 atom stereocenters. The fourth-order valence-electron chi connectivity index (χ4n) is 3.63. The number of piperidine rings is 2. The van der Waals surface area contributed by atoms with Crippen LogP contribution in [0.1, 0.15) is 44.7 Å². The Labute approximate surface area is 143 Å². The first kappa shape index (κ1) is 17.4. The second kappa shape index (κ2) is 7.23. The molecule has 0 bridgehead atoms. The van der Waals surface area contributed by atoms with Gasteiger partial charge in [-0.1, -0.05) is 6.92 Å². The predicted octanol–water partition coefficient (Wildman–Crippen LogP) is 1.39. The van der Waals surface area contributed by atoms with Gasteiger partial charge in [-0.15, -0.1) is 0 Å². The lowest BCUT2D eigenvalue weighted by molar-refractivity contribution is -0.137. The number of nitrogens with zero attached hydrogens (tertiary/aromatic N) is 3. The van der Waals surface area contributed by atoms with E-state index in [2.05, 4.69) is 10.2 Å². The van der Waals surface area contributed by atoms with E-state index in [9.17, 15) is 13.2 Å². The molecule has 2 aliphatic rings. The standard InChI is InChI=1S/C16H26N4O3S/c1-2-14-15(12-17-18-14)24(22,23)20-10-6-13(7-11-20)16(21)19-8-4-3-5-9-19/h12-13H,2-11H2,1H3,(H,17,18). The molecule has 0 aromatic carbocycles. The van der Waals surface area contributed by atoms with Crippen molar-refractivity contribution in [1.29, 1.82) is 0 Å². The smallest absolute Gasteiger partial charge is 0.246 e. The van der Waals surface area contributed by atoms with Gasteiger partial charge in [-0.25, -0.2) is 8.42 Å². The normalized spacial score (nSPS) is 21.1. The molecule has 0 saturated carbocycles. The van der Waals surface area contributed by atoms with Crippen molar-refractivity contribution in [2.75, 3.05) is 26.2 Å². The van der Waals surface area contributed by atoms with Crippen LogP contribution < -0.4 is 0 Å². The Morgan fingerprint density at radius 1 is 1.21 bits per heavy atom. The van der Waals surface area contributed by atoms with Crippen LogP contribution in [0, 0.1) is 5.92 Å². The first-order chi connectivity index (χ1) is 11.5. The molecule has 7 nitrogen and oxygen atoms in total. The van der Waals surface area contributed by atoms with Gasteiger partial charge in [-0.3, -0.25) is 9.89 Å². The lowest BCUT2D eigenvalue weighted by atomic mass is 9.95. The van der Waals surface area contributed by atoms with E-state index in [0.29, 0.717) is 38.0 Å². The average Bonchev–Trinajstić information content (AvgIpc) is 3.11. The Kier molecular flexibility index (Phi) is 5.24. The van der Waals surface area contributed by atoms with Crippen LogP contribution in [0.2, 0.25) is 0 Å². The Morgan fingerprint density at radius 3 is 2.50 bits per heavy atom. The summed E-state index contributed by atoms with van der Waals surface area (Å²) < 4.78 is 27.1. The van der Waals surface area contributed by atoms with Crippen LogP contribution in [0.25, 0.3) is 0 Å². The summed E-state index contributed by atoms with van der Waals surface area (Å²) >= 11 is 0. The highest BCUT2D eigenvalue weighted by Gasteiger charge is 2.35. The van der Waals surface area contributed by atoms with Gasteiger partial charge in [0.15, 0.2) is 0 Å². The van der Waals surface area contributed by atoms with Crippen molar-refractivity contribution in [3.63, 3.8) is 0 Å². The van der Waals surface area contributed by atoms with Crippen molar-refractivity contribution < 1.29 is 13.2 Å². The number of aromatic nitrogens is 2. The SMILES string of the molecule is CCc1[nH]ncc1S(=O)(=O)N1CCC(C(=O)N2CCCCC2)CC1. The maximum Gasteiger partial charge on any atom is 0.246 e. The maximum atomic E-state index is 12.8. The molecule has 0 unspecified atom stereocenters. The number of aromatic amines is 1. The third-order valence-electron chi connectivity index (χ3n) is 5.12. The van der Waals surface area contributed by atoms with Crippen molar-refractivity contribution in [1.82, 2.24) is 19.4 Å². The molecular formula is C16H26N4O3S.